The molecule has 1 heterocycles. The van der Waals surface area contributed by atoms with E-state index in [2.05, 4.69) is 23.9 Å². The smallest absolute Gasteiger partial charge is 0.462 e. The number of azide groups is 1. The van der Waals surface area contributed by atoms with Crippen molar-refractivity contribution in [1.29, 1.82) is 0 Å². The zero-order chi connectivity index (χ0) is 80.9. The molecule has 13 atom stereocenters. The van der Waals surface area contributed by atoms with Crippen LogP contribution in [0, 0.1) is 0 Å². The SMILES string of the molecule is CCCCCCCCCCCCCCCC(=O)OC[C@H](CO[P+](=O)O[C@H]1[C@@H](OCc2ccccc2)[C@@H](OCc2ccccc2)[C@H](OCc2ccccc2)[C@@H](OCc2ccccc2)[C@@H]1O[C@H]1O[C@H](COCc2ccccc2)[C@@H](OCc2ccccc2)[C@H](OCc2ccccc2)[C@H]1N=[N+]=[N-])OC(=O)CCCCCCCCCCCCCCC. The minimum Gasteiger partial charge on any atom is -0.462 e. The molecule has 0 radical (unpaired) electrons. The van der Waals surface area contributed by atoms with E-state index in [9.17, 15) is 15.1 Å². The molecule has 2 aliphatic rings. The van der Waals surface area contributed by atoms with Gasteiger partial charge in [-0.05, 0) is 57.3 Å². The van der Waals surface area contributed by atoms with Crippen molar-refractivity contribution in [3.05, 3.63) is 262 Å². The van der Waals surface area contributed by atoms with Gasteiger partial charge in [-0.3, -0.25) is 9.59 Å². The molecule has 7 aromatic rings. The van der Waals surface area contributed by atoms with Gasteiger partial charge in [-0.15, -0.1) is 9.05 Å². The third-order valence-corrected chi connectivity index (χ3v) is 22.2. The summed E-state index contributed by atoms with van der Waals surface area (Å²) in [5.74, 6) is -0.932. The lowest BCUT2D eigenvalue weighted by Crippen LogP contribution is -2.69. The third kappa shape index (κ3) is 35.2. The van der Waals surface area contributed by atoms with Crippen LogP contribution in [0.25, 0.3) is 10.4 Å². The van der Waals surface area contributed by atoms with E-state index in [-0.39, 0.29) is 72.3 Å². The van der Waals surface area contributed by atoms with Crippen molar-refractivity contribution in [3.63, 3.8) is 0 Å². The Kier molecular flexibility index (Phi) is 45.2. The number of ether oxygens (including phenoxy) is 11. The minimum absolute atomic E-state index is 0.00321. The van der Waals surface area contributed by atoms with Crippen molar-refractivity contribution >= 4 is 20.2 Å². The van der Waals surface area contributed by atoms with Gasteiger partial charge in [-0.1, -0.05) is 385 Å². The molecule has 19 nitrogen and oxygen atoms in total. The molecule has 116 heavy (non-hydrogen) atoms. The fraction of sp³-hybridized carbons (Fsp3) is 0.542. The highest BCUT2D eigenvalue weighted by atomic mass is 31.1. The second kappa shape index (κ2) is 56.8. The van der Waals surface area contributed by atoms with Crippen LogP contribution < -0.4 is 0 Å². The summed E-state index contributed by atoms with van der Waals surface area (Å²) in [4.78, 5) is 31.2. The Morgan fingerprint density at radius 3 is 1.05 bits per heavy atom. The number of carbonyl (C=O) groups is 2. The molecule has 0 amide bonds. The summed E-state index contributed by atoms with van der Waals surface area (Å²) in [5.41, 5.74) is 16.8. The number of benzene rings is 7. The number of carbonyl (C=O) groups excluding carboxylic acids is 2. The molecule has 7 aromatic carbocycles. The van der Waals surface area contributed by atoms with Gasteiger partial charge in [0.05, 0.1) is 52.9 Å². The monoisotopic (exact) mass is 1610 g/mol. The lowest BCUT2D eigenvalue weighted by Gasteiger charge is -2.50. The Hall–Kier alpha value is -7.55. The third-order valence-electron chi connectivity index (χ3n) is 21.4. The topological polar surface area (TPSA) is 220 Å². The largest absolute Gasteiger partial charge is 0.698 e. The normalized spacial score (nSPS) is 20.4. The molecule has 9 rings (SSSR count). The van der Waals surface area contributed by atoms with Crippen LogP contribution in [0.2, 0.25) is 0 Å². The number of rotatable bonds is 61. The van der Waals surface area contributed by atoms with E-state index < -0.39 is 100 Å². The Bertz CT molecular complexity index is 3750. The number of esters is 2. The molecule has 1 saturated heterocycles. The number of unbranched alkanes of at least 4 members (excludes halogenated alkanes) is 24. The Morgan fingerprint density at radius 2 is 0.690 bits per heavy atom. The molecule has 1 saturated carbocycles. The van der Waals surface area contributed by atoms with Crippen LogP contribution in [0.5, 0.6) is 0 Å². The molecule has 0 bridgehead atoms. The number of hydrogen-bond donors (Lipinski definition) is 0. The van der Waals surface area contributed by atoms with E-state index in [1.165, 1.54) is 109 Å². The van der Waals surface area contributed by atoms with Crippen LogP contribution in [0.3, 0.4) is 0 Å². The molecule has 0 spiro atoms. The second-order valence-corrected chi connectivity index (χ2v) is 31.7. The molecule has 0 aromatic heterocycles. The summed E-state index contributed by atoms with van der Waals surface area (Å²) < 4.78 is 106. The van der Waals surface area contributed by atoms with Gasteiger partial charge in [-0.2, -0.15) is 0 Å². The summed E-state index contributed by atoms with van der Waals surface area (Å²) in [6, 6.07) is 66.5. The number of nitrogens with zero attached hydrogens (tertiary/aromatic N) is 3. The predicted octanol–water partition coefficient (Wildman–Crippen LogP) is 23.0. The highest BCUT2D eigenvalue weighted by molar-refractivity contribution is 7.33. The summed E-state index contributed by atoms with van der Waals surface area (Å²) in [5, 5.41) is 4.52. The maximum atomic E-state index is 15.7. The van der Waals surface area contributed by atoms with Crippen LogP contribution in [0.15, 0.2) is 217 Å². The predicted molar refractivity (Wildman–Crippen MR) is 453 cm³/mol. The van der Waals surface area contributed by atoms with E-state index in [0.29, 0.717) is 12.8 Å². The first kappa shape index (κ1) is 92.3. The summed E-state index contributed by atoms with van der Waals surface area (Å²) in [6.45, 7) is 4.09. The lowest BCUT2D eigenvalue weighted by atomic mass is 9.83. The molecule has 1 unspecified atom stereocenters. The van der Waals surface area contributed by atoms with E-state index in [1.54, 1.807) is 0 Å². The average Bonchev–Trinajstić information content (AvgIpc) is 0.752. The van der Waals surface area contributed by atoms with Crippen molar-refractivity contribution in [3.8, 4) is 0 Å². The summed E-state index contributed by atoms with van der Waals surface area (Å²) in [6.07, 6.45) is 17.0. The van der Waals surface area contributed by atoms with Gasteiger partial charge < -0.3 is 52.1 Å². The van der Waals surface area contributed by atoms with E-state index in [0.717, 1.165) is 83.9 Å². The maximum absolute atomic E-state index is 15.7. The highest BCUT2D eigenvalue weighted by Gasteiger charge is 2.60. The van der Waals surface area contributed by atoms with E-state index in [4.69, 9.17) is 61.2 Å². The Labute approximate surface area is 691 Å². The molecule has 2 fully saturated rings. The highest BCUT2D eigenvalue weighted by Crippen LogP contribution is 2.43. The molecule has 1 aliphatic heterocycles. The van der Waals surface area contributed by atoms with Gasteiger partial charge in [0.1, 0.15) is 68.1 Å². The van der Waals surface area contributed by atoms with Crippen molar-refractivity contribution in [2.45, 2.75) is 313 Å². The van der Waals surface area contributed by atoms with Crippen molar-refractivity contribution < 1.29 is 75.3 Å². The van der Waals surface area contributed by atoms with Crippen molar-refractivity contribution in [1.82, 2.24) is 0 Å². The summed E-state index contributed by atoms with van der Waals surface area (Å²) >= 11 is 0. The average molecular weight is 1610 g/mol. The maximum Gasteiger partial charge on any atom is 0.698 e. The van der Waals surface area contributed by atoms with Crippen molar-refractivity contribution in [2.24, 2.45) is 5.11 Å². The van der Waals surface area contributed by atoms with Gasteiger partial charge in [0.25, 0.3) is 0 Å². The Morgan fingerprint density at radius 1 is 0.379 bits per heavy atom. The van der Waals surface area contributed by atoms with Gasteiger partial charge in [-0.25, -0.2) is 0 Å². The zero-order valence-corrected chi connectivity index (χ0v) is 69.7. The van der Waals surface area contributed by atoms with Crippen LogP contribution >= 0.6 is 8.25 Å². The van der Waals surface area contributed by atoms with Crippen molar-refractivity contribution in [2.75, 3.05) is 19.8 Å². The first-order valence-corrected chi connectivity index (χ1v) is 44.4. The molecular formula is C96H129N3O16P+. The van der Waals surface area contributed by atoms with Crippen LogP contribution in [0.1, 0.15) is 233 Å². The second-order valence-electron chi connectivity index (χ2n) is 30.8. The molecule has 1 aliphatic carbocycles. The molecule has 0 N–H and O–H groups in total. The zero-order valence-electron chi connectivity index (χ0n) is 68.8. The summed E-state index contributed by atoms with van der Waals surface area (Å²) in [7, 11) is -3.30. The first-order chi connectivity index (χ1) is 57.2. The van der Waals surface area contributed by atoms with Crippen LogP contribution in [-0.2, 0) is 122 Å². The molecule has 20 heteroatoms. The quantitative estimate of drug-likeness (QED) is 0.00864. The van der Waals surface area contributed by atoms with Gasteiger partial charge in [0.15, 0.2) is 18.5 Å². The fourth-order valence-electron chi connectivity index (χ4n) is 15.0. The molecular weight excluding hydrogens is 1480 g/mol. The van der Waals surface area contributed by atoms with Gasteiger partial charge in [0, 0.05) is 22.3 Å². The standard InChI is InChI=1S/C96H129N3O16P/c1-3-5-7-9-11-13-15-17-19-21-23-25-48-64-85(100)104-73-83(112-86(101)65-49-26-24-22-20-18-16-14-12-10-8-6-4-2)74-111-116(102)115-95-93(110-72-82-62-46-33-47-63-82)91(108-70-80-58-42-31-43-59-80)90(107-69-79-56-40-30-41-57-79)92(109-71-81-60-44-32-45-61-81)94(95)114-96-87(98-99-97)89(106-68-78-54-38-29-39-55-78)88(105-67-77-52-36-28-37-53-77)84(113-96)75-103-66-76-50-34-27-35-51-76/h27-47,50-63,83-84,87-96H,3-26,48-49,64-75H2,1-2H3/q+1/t83-,84-,87-,88-,89-,90+,91+,92-,93+,94+,95+,96-/m1/s1. The number of hydrogen-bond acceptors (Lipinski definition) is 17. The van der Waals surface area contributed by atoms with E-state index in [1.807, 2.05) is 212 Å². The lowest BCUT2D eigenvalue weighted by molar-refractivity contribution is -0.336. The first-order valence-electron chi connectivity index (χ1n) is 43.3. The fourth-order valence-corrected chi connectivity index (χ4v) is 15.7. The van der Waals surface area contributed by atoms with E-state index >= 15 is 4.57 Å². The Balaban J connectivity index is 1.05. The minimum atomic E-state index is -3.30. The van der Waals surface area contributed by atoms with Gasteiger partial charge >= 0.3 is 20.2 Å². The molecule has 628 valence electrons. The van der Waals surface area contributed by atoms with Crippen LogP contribution in [0.4, 0.5) is 0 Å². The van der Waals surface area contributed by atoms with Gasteiger partial charge in [0.2, 0.25) is 0 Å². The van der Waals surface area contributed by atoms with Crippen LogP contribution in [-0.4, -0.2) is 105 Å².